The number of fused-ring (bicyclic) bond motifs is 2. The van der Waals surface area contributed by atoms with Gasteiger partial charge in [0.25, 0.3) is 11.8 Å². The first-order valence-electron chi connectivity index (χ1n) is 9.33. The molecule has 2 aromatic heterocycles. The third-order valence-corrected chi connectivity index (χ3v) is 4.62. The molecule has 0 saturated carbocycles. The van der Waals surface area contributed by atoms with Gasteiger partial charge in [-0.2, -0.15) is 0 Å². The van der Waals surface area contributed by atoms with E-state index in [0.29, 0.717) is 27.7 Å². The number of carbonyl (C=O) groups is 2. The molecule has 9 heteroatoms. The number of hydrogen-bond acceptors (Lipinski definition) is 6. The SMILES string of the molecule is O=C1COc2ccc(/C=C/c3ccccc3)nc2N1.O=C1COc2ccc(Br)nc2N1. The second-order valence-corrected chi connectivity index (χ2v) is 7.29. The Morgan fingerprint density at radius 1 is 0.774 bits per heavy atom. The maximum Gasteiger partial charge on any atom is 0.263 e. The maximum atomic E-state index is 11.2. The summed E-state index contributed by atoms with van der Waals surface area (Å²) < 4.78 is 11.0. The number of nitrogens with one attached hydrogen (secondary N) is 2. The highest BCUT2D eigenvalue weighted by molar-refractivity contribution is 9.10. The highest BCUT2D eigenvalue weighted by atomic mass is 79.9. The zero-order chi connectivity index (χ0) is 21.6. The Morgan fingerprint density at radius 2 is 1.39 bits per heavy atom. The lowest BCUT2D eigenvalue weighted by Gasteiger charge is -2.16. The minimum atomic E-state index is -0.177. The summed E-state index contributed by atoms with van der Waals surface area (Å²) >= 11 is 3.19. The topological polar surface area (TPSA) is 102 Å². The van der Waals surface area contributed by atoms with Crippen molar-refractivity contribution in [2.75, 3.05) is 23.8 Å². The molecule has 1 aromatic carbocycles. The largest absolute Gasteiger partial charge is 0.480 e. The number of nitrogens with zero attached hydrogens (tertiary/aromatic N) is 2. The first kappa shape index (κ1) is 20.5. The fourth-order valence-corrected chi connectivity index (χ4v) is 3.07. The molecule has 0 fully saturated rings. The van der Waals surface area contributed by atoms with E-state index in [1.54, 1.807) is 12.1 Å². The van der Waals surface area contributed by atoms with Gasteiger partial charge in [-0.3, -0.25) is 9.59 Å². The molecule has 2 aliphatic rings. The first-order chi connectivity index (χ1) is 15.1. The van der Waals surface area contributed by atoms with E-state index in [2.05, 4.69) is 36.5 Å². The van der Waals surface area contributed by atoms with E-state index in [4.69, 9.17) is 9.47 Å². The Hall–Kier alpha value is -3.72. The van der Waals surface area contributed by atoms with E-state index in [1.165, 1.54) is 0 Å². The van der Waals surface area contributed by atoms with E-state index in [1.807, 2.05) is 54.6 Å². The molecular weight excluding hydrogens is 464 g/mol. The standard InChI is InChI=1S/C15H12N2O2.C7H5BrN2O2/c18-14-10-19-13-9-8-12(16-15(13)17-14)7-6-11-4-2-1-3-5-11;8-5-2-1-4-7(9-5)10-6(11)3-12-4/h1-9H,10H2,(H,16,17,18);1-2H,3H2,(H,9,10,11)/b7-6+;. The average molecular weight is 481 g/mol. The van der Waals surface area contributed by atoms with Crippen LogP contribution in [-0.2, 0) is 9.59 Å². The molecular formula is C22H17BrN4O4. The van der Waals surface area contributed by atoms with Gasteiger partial charge in [0, 0.05) is 0 Å². The van der Waals surface area contributed by atoms with Crippen molar-refractivity contribution in [3.63, 3.8) is 0 Å². The van der Waals surface area contributed by atoms with E-state index < -0.39 is 0 Å². The zero-order valence-corrected chi connectivity index (χ0v) is 17.8. The lowest BCUT2D eigenvalue weighted by Crippen LogP contribution is -2.26. The number of hydrogen-bond donors (Lipinski definition) is 2. The van der Waals surface area contributed by atoms with Gasteiger partial charge in [0.15, 0.2) is 36.3 Å². The molecule has 31 heavy (non-hydrogen) atoms. The first-order valence-corrected chi connectivity index (χ1v) is 10.1. The molecule has 0 radical (unpaired) electrons. The molecule has 0 bridgehead atoms. The van der Waals surface area contributed by atoms with Crippen LogP contribution in [0.25, 0.3) is 12.2 Å². The lowest BCUT2D eigenvalue weighted by atomic mass is 10.2. The minimum absolute atomic E-state index is 0.0495. The van der Waals surface area contributed by atoms with E-state index >= 15 is 0 Å². The summed E-state index contributed by atoms with van der Waals surface area (Å²) in [4.78, 5) is 30.4. The zero-order valence-electron chi connectivity index (χ0n) is 16.2. The Morgan fingerprint density at radius 3 is 2.06 bits per heavy atom. The number of ether oxygens (including phenoxy) is 2. The van der Waals surface area contributed by atoms with Crippen molar-refractivity contribution < 1.29 is 19.1 Å². The molecule has 4 heterocycles. The number of amides is 2. The van der Waals surface area contributed by atoms with Crippen LogP contribution in [-0.4, -0.2) is 35.0 Å². The van der Waals surface area contributed by atoms with Crippen molar-refractivity contribution in [1.82, 2.24) is 9.97 Å². The van der Waals surface area contributed by atoms with Gasteiger partial charge in [-0.05, 0) is 51.8 Å². The molecule has 0 saturated heterocycles. The van der Waals surface area contributed by atoms with Crippen LogP contribution in [0.5, 0.6) is 11.5 Å². The predicted octanol–water partition coefficient (Wildman–Crippen LogP) is 3.76. The second kappa shape index (κ2) is 9.40. The third kappa shape index (κ3) is 5.46. The molecule has 2 amide bonds. The number of carbonyl (C=O) groups excluding carboxylic acids is 2. The molecule has 8 nitrogen and oxygen atoms in total. The molecule has 0 spiro atoms. The van der Waals surface area contributed by atoms with E-state index in [-0.39, 0.29) is 25.0 Å². The van der Waals surface area contributed by atoms with Crippen LogP contribution in [0.2, 0.25) is 0 Å². The van der Waals surface area contributed by atoms with Crippen LogP contribution >= 0.6 is 15.9 Å². The van der Waals surface area contributed by atoms with Gasteiger partial charge >= 0.3 is 0 Å². The van der Waals surface area contributed by atoms with Crippen LogP contribution < -0.4 is 20.1 Å². The summed E-state index contributed by atoms with van der Waals surface area (Å²) in [5, 5.41) is 5.29. The molecule has 0 unspecified atom stereocenters. The number of benzene rings is 1. The lowest BCUT2D eigenvalue weighted by molar-refractivity contribution is -0.119. The van der Waals surface area contributed by atoms with Crippen LogP contribution in [0.15, 0.2) is 59.2 Å². The second-order valence-electron chi connectivity index (χ2n) is 6.48. The molecule has 5 rings (SSSR count). The number of halogens is 1. The van der Waals surface area contributed by atoms with Gasteiger partial charge in [-0.1, -0.05) is 36.4 Å². The fourth-order valence-electron chi connectivity index (χ4n) is 2.76. The fraction of sp³-hybridized carbons (Fsp3) is 0.0909. The summed E-state index contributed by atoms with van der Waals surface area (Å²) in [6, 6.07) is 17.1. The quantitative estimate of drug-likeness (QED) is 0.541. The van der Waals surface area contributed by atoms with Crippen molar-refractivity contribution >= 4 is 51.5 Å². The Labute approximate surface area is 186 Å². The summed E-state index contributed by atoms with van der Waals surface area (Å²) in [5.41, 5.74) is 1.87. The average Bonchev–Trinajstić information content (AvgIpc) is 2.78. The normalized spacial score (nSPS) is 14.1. The van der Waals surface area contributed by atoms with Gasteiger partial charge < -0.3 is 20.1 Å². The van der Waals surface area contributed by atoms with Crippen LogP contribution in [0.4, 0.5) is 11.6 Å². The van der Waals surface area contributed by atoms with Crippen molar-refractivity contribution in [3.8, 4) is 11.5 Å². The number of pyridine rings is 2. The number of rotatable bonds is 2. The molecule has 156 valence electrons. The van der Waals surface area contributed by atoms with Crippen LogP contribution in [0.1, 0.15) is 11.3 Å². The Kier molecular flexibility index (Phi) is 6.23. The molecule has 2 aliphatic heterocycles. The third-order valence-electron chi connectivity index (χ3n) is 4.18. The summed E-state index contributed by atoms with van der Waals surface area (Å²) in [5.74, 6) is 1.82. The Bertz CT molecular complexity index is 1150. The van der Waals surface area contributed by atoms with E-state index in [0.717, 1.165) is 11.3 Å². The molecule has 2 N–H and O–H groups in total. The molecule has 0 aliphatic carbocycles. The smallest absolute Gasteiger partial charge is 0.263 e. The van der Waals surface area contributed by atoms with Crippen LogP contribution in [0, 0.1) is 0 Å². The van der Waals surface area contributed by atoms with Gasteiger partial charge in [0.2, 0.25) is 0 Å². The van der Waals surface area contributed by atoms with Crippen molar-refractivity contribution in [3.05, 3.63) is 70.5 Å². The summed E-state index contributed by atoms with van der Waals surface area (Å²) in [6.07, 6.45) is 3.87. The molecule has 3 aromatic rings. The minimum Gasteiger partial charge on any atom is -0.480 e. The van der Waals surface area contributed by atoms with Gasteiger partial charge in [-0.15, -0.1) is 0 Å². The van der Waals surface area contributed by atoms with Gasteiger partial charge in [0.1, 0.15) is 4.60 Å². The van der Waals surface area contributed by atoms with Crippen molar-refractivity contribution in [2.24, 2.45) is 0 Å². The van der Waals surface area contributed by atoms with Gasteiger partial charge in [0.05, 0.1) is 5.69 Å². The molecule has 0 atom stereocenters. The van der Waals surface area contributed by atoms with E-state index in [9.17, 15) is 9.59 Å². The maximum absolute atomic E-state index is 11.2. The predicted molar refractivity (Wildman–Crippen MR) is 120 cm³/mol. The van der Waals surface area contributed by atoms with Crippen molar-refractivity contribution in [2.45, 2.75) is 0 Å². The van der Waals surface area contributed by atoms with Crippen molar-refractivity contribution in [1.29, 1.82) is 0 Å². The summed E-state index contributed by atoms with van der Waals surface area (Å²) in [7, 11) is 0. The number of aromatic nitrogens is 2. The Balaban J connectivity index is 0.000000166. The van der Waals surface area contributed by atoms with Gasteiger partial charge in [-0.25, -0.2) is 9.97 Å². The number of anilines is 2. The highest BCUT2D eigenvalue weighted by Gasteiger charge is 2.17. The van der Waals surface area contributed by atoms with Crippen LogP contribution in [0.3, 0.4) is 0 Å². The monoisotopic (exact) mass is 480 g/mol. The summed E-state index contributed by atoms with van der Waals surface area (Å²) in [6.45, 7) is 0.115. The highest BCUT2D eigenvalue weighted by Crippen LogP contribution is 2.27.